The van der Waals surface area contributed by atoms with Crippen molar-refractivity contribution < 1.29 is 4.79 Å². The molecule has 6 heteroatoms. The van der Waals surface area contributed by atoms with E-state index in [0.29, 0.717) is 10.7 Å². The average Bonchev–Trinajstić information content (AvgIpc) is 3.09. The van der Waals surface area contributed by atoms with E-state index in [0.717, 1.165) is 21.6 Å². The van der Waals surface area contributed by atoms with Crippen molar-refractivity contribution in [2.24, 2.45) is 10.2 Å². The number of aromatic nitrogens is 1. The Morgan fingerprint density at radius 3 is 2.31 bits per heavy atom. The van der Waals surface area contributed by atoms with E-state index in [2.05, 4.69) is 20.5 Å². The molecule has 26 heavy (non-hydrogen) atoms. The quantitative estimate of drug-likeness (QED) is 0.457. The summed E-state index contributed by atoms with van der Waals surface area (Å²) in [4.78, 5) is 16.7. The van der Waals surface area contributed by atoms with Crippen LogP contribution in [-0.4, -0.2) is 10.9 Å². The number of fused-ring (bicyclic) bond motifs is 1. The zero-order valence-corrected chi connectivity index (χ0v) is 14.5. The zero-order chi connectivity index (χ0) is 17.8. The smallest absolute Gasteiger partial charge is 0.257 e. The van der Waals surface area contributed by atoms with Gasteiger partial charge >= 0.3 is 0 Å². The van der Waals surface area contributed by atoms with Gasteiger partial charge in [-0.3, -0.25) is 10.1 Å². The number of rotatable bonds is 4. The first-order chi connectivity index (χ1) is 12.8. The van der Waals surface area contributed by atoms with E-state index in [4.69, 9.17) is 0 Å². The summed E-state index contributed by atoms with van der Waals surface area (Å²) >= 11 is 1.41. The lowest BCUT2D eigenvalue weighted by atomic mass is 10.2. The lowest BCUT2D eigenvalue weighted by molar-refractivity contribution is 0.102. The van der Waals surface area contributed by atoms with Gasteiger partial charge in [0.1, 0.15) is 0 Å². The lowest BCUT2D eigenvalue weighted by Gasteiger charge is -2.00. The van der Waals surface area contributed by atoms with Crippen LogP contribution in [0.4, 0.5) is 16.5 Å². The van der Waals surface area contributed by atoms with Gasteiger partial charge in [0, 0.05) is 5.56 Å². The van der Waals surface area contributed by atoms with E-state index in [-0.39, 0.29) is 5.91 Å². The Hall–Kier alpha value is -3.38. The molecule has 0 saturated heterocycles. The summed E-state index contributed by atoms with van der Waals surface area (Å²) in [5, 5.41) is 11.9. The monoisotopic (exact) mass is 358 g/mol. The number of hydrogen-bond donors (Lipinski definition) is 1. The highest BCUT2D eigenvalue weighted by Gasteiger charge is 2.10. The van der Waals surface area contributed by atoms with Gasteiger partial charge in [0.2, 0.25) is 0 Å². The van der Waals surface area contributed by atoms with Crippen molar-refractivity contribution in [1.29, 1.82) is 0 Å². The lowest BCUT2D eigenvalue weighted by Crippen LogP contribution is -2.11. The first-order valence-corrected chi connectivity index (χ1v) is 8.83. The van der Waals surface area contributed by atoms with Crippen LogP contribution in [-0.2, 0) is 0 Å². The molecule has 0 bridgehead atoms. The SMILES string of the molecule is O=C(Nc1nc2ccc(N=Nc3ccccc3)cc2s1)c1ccccc1. The van der Waals surface area contributed by atoms with E-state index < -0.39 is 0 Å². The maximum atomic E-state index is 12.2. The molecule has 126 valence electrons. The van der Waals surface area contributed by atoms with Crippen molar-refractivity contribution in [3.05, 3.63) is 84.4 Å². The molecule has 0 fully saturated rings. The van der Waals surface area contributed by atoms with Crippen LogP contribution in [0, 0.1) is 0 Å². The Balaban J connectivity index is 1.54. The largest absolute Gasteiger partial charge is 0.298 e. The van der Waals surface area contributed by atoms with Gasteiger partial charge in [0.25, 0.3) is 5.91 Å². The third-order valence-corrected chi connectivity index (χ3v) is 4.60. The first-order valence-electron chi connectivity index (χ1n) is 8.02. The molecule has 1 amide bonds. The third kappa shape index (κ3) is 3.65. The number of hydrogen-bond acceptors (Lipinski definition) is 5. The Bertz CT molecular complexity index is 1070. The molecule has 0 aliphatic rings. The van der Waals surface area contributed by atoms with Crippen LogP contribution < -0.4 is 5.32 Å². The van der Waals surface area contributed by atoms with Crippen molar-refractivity contribution in [2.45, 2.75) is 0 Å². The van der Waals surface area contributed by atoms with Gasteiger partial charge in [-0.15, -0.1) is 0 Å². The van der Waals surface area contributed by atoms with Gasteiger partial charge in [-0.05, 0) is 42.5 Å². The van der Waals surface area contributed by atoms with Crippen LogP contribution in [0.2, 0.25) is 0 Å². The van der Waals surface area contributed by atoms with Gasteiger partial charge < -0.3 is 0 Å². The number of amides is 1. The summed E-state index contributed by atoms with van der Waals surface area (Å²) in [5.74, 6) is -0.173. The van der Waals surface area contributed by atoms with Crippen LogP contribution in [0.5, 0.6) is 0 Å². The second kappa shape index (κ2) is 7.25. The fourth-order valence-electron chi connectivity index (χ4n) is 2.40. The molecule has 1 aromatic heterocycles. The molecule has 0 saturated carbocycles. The van der Waals surface area contributed by atoms with Gasteiger partial charge in [-0.2, -0.15) is 10.2 Å². The minimum atomic E-state index is -0.173. The maximum absolute atomic E-state index is 12.2. The molecule has 1 N–H and O–H groups in total. The topological polar surface area (TPSA) is 66.7 Å². The number of carbonyl (C=O) groups is 1. The Labute approximate surface area is 154 Å². The summed E-state index contributed by atoms with van der Waals surface area (Å²) in [5.41, 5.74) is 2.96. The van der Waals surface area contributed by atoms with Crippen LogP contribution in [0.1, 0.15) is 10.4 Å². The van der Waals surface area contributed by atoms with Crippen LogP contribution in [0.25, 0.3) is 10.2 Å². The zero-order valence-electron chi connectivity index (χ0n) is 13.7. The number of thiazole rings is 1. The van der Waals surface area contributed by atoms with E-state index in [1.807, 2.05) is 66.7 Å². The van der Waals surface area contributed by atoms with Crippen molar-refractivity contribution in [3.63, 3.8) is 0 Å². The summed E-state index contributed by atoms with van der Waals surface area (Å²) in [7, 11) is 0. The van der Waals surface area contributed by atoms with Gasteiger partial charge in [0.15, 0.2) is 5.13 Å². The van der Waals surface area contributed by atoms with Gasteiger partial charge in [-0.1, -0.05) is 47.7 Å². The number of anilines is 1. The molecule has 0 spiro atoms. The second-order valence-electron chi connectivity index (χ2n) is 5.53. The first kappa shape index (κ1) is 16.1. The Morgan fingerprint density at radius 2 is 1.54 bits per heavy atom. The summed E-state index contributed by atoms with van der Waals surface area (Å²) < 4.78 is 0.942. The fraction of sp³-hybridized carbons (Fsp3) is 0. The average molecular weight is 358 g/mol. The molecule has 0 aliphatic heterocycles. The molecule has 4 rings (SSSR count). The van der Waals surface area contributed by atoms with Gasteiger partial charge in [0.05, 0.1) is 21.6 Å². The molecular weight excluding hydrogens is 344 g/mol. The predicted octanol–water partition coefficient (Wildman–Crippen LogP) is 5.96. The number of nitrogens with one attached hydrogen (secondary N) is 1. The van der Waals surface area contributed by atoms with Gasteiger partial charge in [-0.25, -0.2) is 4.98 Å². The van der Waals surface area contributed by atoms with Crippen molar-refractivity contribution in [3.8, 4) is 0 Å². The molecule has 0 radical (unpaired) electrons. The van der Waals surface area contributed by atoms with E-state index in [9.17, 15) is 4.79 Å². The Morgan fingerprint density at radius 1 is 0.846 bits per heavy atom. The molecule has 0 atom stereocenters. The molecule has 5 nitrogen and oxygen atoms in total. The van der Waals surface area contributed by atoms with Crippen LogP contribution >= 0.6 is 11.3 Å². The number of carbonyl (C=O) groups excluding carboxylic acids is 1. The van der Waals surface area contributed by atoms with E-state index in [1.54, 1.807) is 12.1 Å². The molecule has 1 heterocycles. The maximum Gasteiger partial charge on any atom is 0.257 e. The highest BCUT2D eigenvalue weighted by molar-refractivity contribution is 7.22. The summed E-state index contributed by atoms with van der Waals surface area (Å²) in [6.07, 6.45) is 0. The van der Waals surface area contributed by atoms with Crippen molar-refractivity contribution >= 4 is 44.0 Å². The summed E-state index contributed by atoms with van der Waals surface area (Å²) in [6, 6.07) is 24.3. The van der Waals surface area contributed by atoms with Crippen LogP contribution in [0.15, 0.2) is 89.1 Å². The standard InChI is InChI=1S/C20H14N4OS/c25-19(14-7-3-1-4-8-14)22-20-21-17-12-11-16(13-18(17)26-20)24-23-15-9-5-2-6-10-15/h1-13H,(H,21,22,25). The normalized spacial score (nSPS) is 11.1. The van der Waals surface area contributed by atoms with Crippen LogP contribution in [0.3, 0.4) is 0 Å². The highest BCUT2D eigenvalue weighted by atomic mass is 32.1. The molecule has 4 aromatic rings. The van der Waals surface area contributed by atoms with E-state index in [1.165, 1.54) is 11.3 Å². The summed E-state index contributed by atoms with van der Waals surface area (Å²) in [6.45, 7) is 0. The minimum Gasteiger partial charge on any atom is -0.298 e. The third-order valence-electron chi connectivity index (χ3n) is 3.67. The van der Waals surface area contributed by atoms with E-state index >= 15 is 0 Å². The number of nitrogens with zero attached hydrogens (tertiary/aromatic N) is 3. The Kier molecular flexibility index (Phi) is 4.49. The second-order valence-corrected chi connectivity index (χ2v) is 6.56. The molecule has 0 unspecified atom stereocenters. The van der Waals surface area contributed by atoms with Crippen molar-refractivity contribution in [2.75, 3.05) is 5.32 Å². The minimum absolute atomic E-state index is 0.173. The molecule has 0 aliphatic carbocycles. The highest BCUT2D eigenvalue weighted by Crippen LogP contribution is 2.30. The fourth-order valence-corrected chi connectivity index (χ4v) is 3.29. The predicted molar refractivity (Wildman–Crippen MR) is 105 cm³/mol. The molecular formula is C20H14N4OS. The molecule has 3 aromatic carbocycles. The number of benzene rings is 3. The van der Waals surface area contributed by atoms with Crippen molar-refractivity contribution in [1.82, 2.24) is 4.98 Å². The number of azo groups is 1.